The van der Waals surface area contributed by atoms with Crippen LogP contribution in [0.25, 0.3) is 0 Å². The lowest BCUT2D eigenvalue weighted by Crippen LogP contribution is -2.42. The van der Waals surface area contributed by atoms with Gasteiger partial charge in [0.1, 0.15) is 12.3 Å². The Balaban J connectivity index is 3.62. The van der Waals surface area contributed by atoms with Gasteiger partial charge in [-0.25, -0.2) is 0 Å². The second kappa shape index (κ2) is 9.52. The number of rotatable bonds is 11. The zero-order valence-corrected chi connectivity index (χ0v) is 12.4. The average Bonchev–Trinajstić information content (AvgIpc) is 2.25. The predicted molar refractivity (Wildman–Crippen MR) is 76.0 cm³/mol. The van der Waals surface area contributed by atoms with Crippen LogP contribution >= 0.6 is 0 Å². The maximum Gasteiger partial charge on any atom is 0.143 e. The zero-order chi connectivity index (χ0) is 13.1. The van der Waals surface area contributed by atoms with E-state index in [1.54, 1.807) is 0 Å². The van der Waals surface area contributed by atoms with E-state index in [0.29, 0.717) is 0 Å². The molecule has 0 aliphatic rings. The van der Waals surface area contributed by atoms with Crippen molar-refractivity contribution in [3.63, 3.8) is 0 Å². The molecular formula is C15H32NO+. The lowest BCUT2D eigenvalue weighted by molar-refractivity contribution is -0.887. The molecule has 0 aromatic rings. The molecule has 2 heteroatoms. The van der Waals surface area contributed by atoms with Crippen LogP contribution in [-0.2, 0) is 4.74 Å². The molecule has 0 amide bonds. The predicted octanol–water partition coefficient (Wildman–Crippen LogP) is 3.97. The number of quaternary nitrogens is 1. The van der Waals surface area contributed by atoms with E-state index in [2.05, 4.69) is 34.5 Å². The Labute approximate surface area is 108 Å². The van der Waals surface area contributed by atoms with Gasteiger partial charge in [-0.05, 0) is 12.8 Å². The molecule has 0 spiro atoms. The van der Waals surface area contributed by atoms with Crippen molar-refractivity contribution < 1.29 is 9.22 Å². The van der Waals surface area contributed by atoms with Crippen LogP contribution in [0.15, 0.2) is 12.3 Å². The summed E-state index contributed by atoms with van der Waals surface area (Å²) in [6.07, 6.45) is 7.56. The Morgan fingerprint density at radius 3 is 2.24 bits per heavy atom. The van der Waals surface area contributed by atoms with Crippen molar-refractivity contribution in [3.05, 3.63) is 12.3 Å². The molecule has 0 aliphatic carbocycles. The smallest absolute Gasteiger partial charge is 0.143 e. The largest absolute Gasteiger partial charge is 0.493 e. The Bertz CT molecular complexity index is 199. The topological polar surface area (TPSA) is 9.23 Å². The van der Waals surface area contributed by atoms with Gasteiger partial charge in [0, 0.05) is 0 Å². The summed E-state index contributed by atoms with van der Waals surface area (Å²) in [6.45, 7) is 11.5. The van der Waals surface area contributed by atoms with Gasteiger partial charge in [-0.1, -0.05) is 46.1 Å². The van der Waals surface area contributed by atoms with Gasteiger partial charge in [0.2, 0.25) is 0 Å². The van der Waals surface area contributed by atoms with E-state index >= 15 is 0 Å². The average molecular weight is 242 g/mol. The first-order valence-corrected chi connectivity index (χ1v) is 7.14. The fraction of sp³-hybridized carbons (Fsp3) is 0.867. The van der Waals surface area contributed by atoms with E-state index in [-0.39, 0.29) is 0 Å². The molecule has 0 atom stereocenters. The van der Waals surface area contributed by atoms with E-state index in [4.69, 9.17) is 4.74 Å². The van der Waals surface area contributed by atoms with Gasteiger partial charge in [-0.3, -0.25) is 0 Å². The Morgan fingerprint density at radius 1 is 1.00 bits per heavy atom. The minimum absolute atomic E-state index is 0.840. The molecule has 0 heterocycles. The molecule has 0 radical (unpaired) electrons. The van der Waals surface area contributed by atoms with E-state index in [9.17, 15) is 0 Å². The molecule has 0 fully saturated rings. The first-order valence-electron chi connectivity index (χ1n) is 7.14. The first-order chi connectivity index (χ1) is 8.02. The summed E-state index contributed by atoms with van der Waals surface area (Å²) in [5.74, 6) is 0.947. The van der Waals surface area contributed by atoms with Crippen molar-refractivity contribution in [2.75, 3.05) is 33.8 Å². The van der Waals surface area contributed by atoms with Crippen LogP contribution in [0, 0.1) is 0 Å². The summed E-state index contributed by atoms with van der Waals surface area (Å²) < 4.78 is 6.68. The molecule has 2 nitrogen and oxygen atoms in total. The molecular weight excluding hydrogens is 210 g/mol. The third-order valence-electron chi connectivity index (χ3n) is 3.03. The maximum atomic E-state index is 5.69. The molecule has 0 saturated carbocycles. The quantitative estimate of drug-likeness (QED) is 0.302. The molecule has 0 rings (SSSR count). The van der Waals surface area contributed by atoms with Crippen LogP contribution in [0.3, 0.4) is 0 Å². The summed E-state index contributed by atoms with van der Waals surface area (Å²) in [4.78, 5) is 0. The summed E-state index contributed by atoms with van der Waals surface area (Å²) in [7, 11) is 4.50. The van der Waals surface area contributed by atoms with Crippen LogP contribution in [-0.4, -0.2) is 38.3 Å². The van der Waals surface area contributed by atoms with E-state index in [1.807, 2.05) is 0 Å². The van der Waals surface area contributed by atoms with Crippen LogP contribution in [0.2, 0.25) is 0 Å². The van der Waals surface area contributed by atoms with Gasteiger partial charge in [-0.2, -0.15) is 0 Å². The van der Waals surface area contributed by atoms with Crippen LogP contribution < -0.4 is 0 Å². The summed E-state index contributed by atoms with van der Waals surface area (Å²) in [5.41, 5.74) is 0. The molecule has 0 saturated heterocycles. The zero-order valence-electron chi connectivity index (χ0n) is 12.4. The number of ether oxygens (including phenoxy) is 1. The van der Waals surface area contributed by atoms with Crippen LogP contribution in [0.4, 0.5) is 0 Å². The standard InChI is InChI=1S/C15H32NO/c1-6-8-10-11-13-17-15(3)14-16(4,5)12-9-7-2/h3,6-14H2,1-2,4-5H3/q+1. The molecule has 0 bridgehead atoms. The fourth-order valence-electron chi connectivity index (χ4n) is 1.93. The molecule has 0 unspecified atom stereocenters. The third kappa shape index (κ3) is 10.4. The second-order valence-corrected chi connectivity index (χ2v) is 5.62. The van der Waals surface area contributed by atoms with Gasteiger partial charge in [-0.15, -0.1) is 0 Å². The minimum Gasteiger partial charge on any atom is -0.493 e. The number of hydrogen-bond acceptors (Lipinski definition) is 1. The number of likely N-dealkylation sites (N-methyl/N-ethyl adjacent to an activating group) is 1. The number of unbranched alkanes of at least 4 members (excludes halogenated alkanes) is 4. The highest BCUT2D eigenvalue weighted by molar-refractivity contribution is 4.81. The lowest BCUT2D eigenvalue weighted by atomic mass is 10.2. The normalized spacial score (nSPS) is 11.5. The van der Waals surface area contributed by atoms with Gasteiger partial charge >= 0.3 is 0 Å². The van der Waals surface area contributed by atoms with Gasteiger partial charge in [0.25, 0.3) is 0 Å². The van der Waals surface area contributed by atoms with Crippen LogP contribution in [0.1, 0.15) is 52.4 Å². The number of hydrogen-bond donors (Lipinski definition) is 0. The molecule has 102 valence electrons. The van der Waals surface area contributed by atoms with Crippen molar-refractivity contribution in [1.29, 1.82) is 0 Å². The molecule has 0 aliphatic heterocycles. The van der Waals surface area contributed by atoms with Crippen molar-refractivity contribution in [2.24, 2.45) is 0 Å². The molecule has 17 heavy (non-hydrogen) atoms. The lowest BCUT2D eigenvalue weighted by Gasteiger charge is -2.30. The summed E-state index contributed by atoms with van der Waals surface area (Å²) >= 11 is 0. The monoisotopic (exact) mass is 242 g/mol. The molecule has 0 N–H and O–H groups in total. The highest BCUT2D eigenvalue weighted by atomic mass is 16.5. The van der Waals surface area contributed by atoms with E-state index in [0.717, 1.165) is 29.8 Å². The van der Waals surface area contributed by atoms with Gasteiger partial charge in [0.05, 0.1) is 27.2 Å². The second-order valence-electron chi connectivity index (χ2n) is 5.62. The third-order valence-corrected chi connectivity index (χ3v) is 3.03. The highest BCUT2D eigenvalue weighted by Crippen LogP contribution is 2.08. The first kappa shape index (κ1) is 16.5. The minimum atomic E-state index is 0.840. The summed E-state index contributed by atoms with van der Waals surface area (Å²) in [5, 5.41) is 0. The Morgan fingerprint density at radius 2 is 1.65 bits per heavy atom. The van der Waals surface area contributed by atoms with Crippen molar-refractivity contribution >= 4 is 0 Å². The molecule has 0 aromatic heterocycles. The number of nitrogens with zero attached hydrogens (tertiary/aromatic N) is 1. The van der Waals surface area contributed by atoms with E-state index < -0.39 is 0 Å². The van der Waals surface area contributed by atoms with Gasteiger partial charge in [0.15, 0.2) is 0 Å². The highest BCUT2D eigenvalue weighted by Gasteiger charge is 2.16. The SMILES string of the molecule is C=C(C[N+](C)(C)CCCC)OCCCCCC. The van der Waals surface area contributed by atoms with Crippen molar-refractivity contribution in [1.82, 2.24) is 0 Å². The fourth-order valence-corrected chi connectivity index (χ4v) is 1.93. The van der Waals surface area contributed by atoms with Gasteiger partial charge < -0.3 is 9.22 Å². The maximum absolute atomic E-state index is 5.69. The summed E-state index contributed by atoms with van der Waals surface area (Å²) in [6, 6.07) is 0. The Kier molecular flexibility index (Phi) is 9.24. The Hall–Kier alpha value is -0.500. The molecule has 0 aromatic carbocycles. The van der Waals surface area contributed by atoms with Crippen molar-refractivity contribution in [3.8, 4) is 0 Å². The van der Waals surface area contributed by atoms with Crippen molar-refractivity contribution in [2.45, 2.75) is 52.4 Å². The van der Waals surface area contributed by atoms with E-state index in [1.165, 1.54) is 38.6 Å². The van der Waals surface area contributed by atoms with Crippen LogP contribution in [0.5, 0.6) is 0 Å².